The molecule has 0 radical (unpaired) electrons. The van der Waals surface area contributed by atoms with Crippen molar-refractivity contribution in [3.63, 3.8) is 0 Å². The molecule has 1 aliphatic rings. The molecule has 0 aliphatic carbocycles. The van der Waals surface area contributed by atoms with E-state index in [-0.39, 0.29) is 10.6 Å². The van der Waals surface area contributed by atoms with E-state index in [0.717, 1.165) is 18.7 Å². The first-order chi connectivity index (χ1) is 8.08. The van der Waals surface area contributed by atoms with E-state index in [1.807, 2.05) is 6.07 Å². The lowest BCUT2D eigenvalue weighted by molar-refractivity contribution is -0.385. The van der Waals surface area contributed by atoms with Gasteiger partial charge in [-0.3, -0.25) is 15.0 Å². The SMILES string of the molecule is CC1CCCN1Cc1ccc(Br)c([N+](=O)[O-])c1. The van der Waals surface area contributed by atoms with Crippen molar-refractivity contribution in [2.24, 2.45) is 0 Å². The average molecular weight is 299 g/mol. The molecule has 1 unspecified atom stereocenters. The highest BCUT2D eigenvalue weighted by atomic mass is 79.9. The van der Waals surface area contributed by atoms with Crippen molar-refractivity contribution in [3.05, 3.63) is 38.3 Å². The molecule has 1 fully saturated rings. The van der Waals surface area contributed by atoms with E-state index in [0.29, 0.717) is 10.5 Å². The van der Waals surface area contributed by atoms with Crippen molar-refractivity contribution in [2.45, 2.75) is 32.4 Å². The van der Waals surface area contributed by atoms with Crippen LogP contribution in [-0.2, 0) is 6.54 Å². The zero-order chi connectivity index (χ0) is 12.4. The van der Waals surface area contributed by atoms with Gasteiger partial charge in [0, 0.05) is 18.7 Å². The van der Waals surface area contributed by atoms with Gasteiger partial charge in [-0.25, -0.2) is 0 Å². The van der Waals surface area contributed by atoms with E-state index in [1.165, 1.54) is 12.8 Å². The van der Waals surface area contributed by atoms with Crippen LogP contribution < -0.4 is 0 Å². The van der Waals surface area contributed by atoms with Crippen molar-refractivity contribution in [1.29, 1.82) is 0 Å². The molecule has 1 saturated heterocycles. The van der Waals surface area contributed by atoms with Gasteiger partial charge in [-0.2, -0.15) is 0 Å². The Kier molecular flexibility index (Phi) is 3.79. The monoisotopic (exact) mass is 298 g/mol. The summed E-state index contributed by atoms with van der Waals surface area (Å²) in [5.74, 6) is 0. The van der Waals surface area contributed by atoms with Gasteiger partial charge >= 0.3 is 0 Å². The van der Waals surface area contributed by atoms with Crippen LogP contribution in [0.15, 0.2) is 22.7 Å². The van der Waals surface area contributed by atoms with Gasteiger partial charge in [-0.05, 0) is 53.9 Å². The van der Waals surface area contributed by atoms with Crippen LogP contribution in [0.25, 0.3) is 0 Å². The molecule has 92 valence electrons. The zero-order valence-electron chi connectivity index (χ0n) is 9.73. The number of halogens is 1. The van der Waals surface area contributed by atoms with Crippen molar-refractivity contribution in [1.82, 2.24) is 4.90 Å². The molecule has 1 aromatic rings. The summed E-state index contributed by atoms with van der Waals surface area (Å²) >= 11 is 3.20. The van der Waals surface area contributed by atoms with Gasteiger partial charge in [0.15, 0.2) is 0 Å². The molecule has 0 aromatic heterocycles. The molecule has 17 heavy (non-hydrogen) atoms. The summed E-state index contributed by atoms with van der Waals surface area (Å²) in [6.45, 7) is 4.10. The van der Waals surface area contributed by atoms with Crippen LogP contribution in [0.2, 0.25) is 0 Å². The van der Waals surface area contributed by atoms with Crippen molar-refractivity contribution in [2.75, 3.05) is 6.54 Å². The van der Waals surface area contributed by atoms with Crippen molar-refractivity contribution < 1.29 is 4.92 Å². The Hall–Kier alpha value is -0.940. The Balaban J connectivity index is 2.16. The summed E-state index contributed by atoms with van der Waals surface area (Å²) in [6.07, 6.45) is 2.44. The number of likely N-dealkylation sites (tertiary alicyclic amines) is 1. The molecule has 2 rings (SSSR count). The van der Waals surface area contributed by atoms with Crippen LogP contribution in [0, 0.1) is 10.1 Å². The molecule has 0 saturated carbocycles. The van der Waals surface area contributed by atoms with Gasteiger partial charge in [0.1, 0.15) is 0 Å². The fourth-order valence-electron chi connectivity index (χ4n) is 2.26. The average Bonchev–Trinajstić information content (AvgIpc) is 2.67. The molecule has 5 heteroatoms. The zero-order valence-corrected chi connectivity index (χ0v) is 11.3. The van der Waals surface area contributed by atoms with E-state index >= 15 is 0 Å². The summed E-state index contributed by atoms with van der Waals surface area (Å²) in [4.78, 5) is 12.9. The largest absolute Gasteiger partial charge is 0.296 e. The Morgan fingerprint density at radius 3 is 2.94 bits per heavy atom. The fourth-order valence-corrected chi connectivity index (χ4v) is 2.65. The summed E-state index contributed by atoms with van der Waals surface area (Å²) < 4.78 is 0.542. The maximum atomic E-state index is 10.8. The van der Waals surface area contributed by atoms with Gasteiger partial charge in [0.25, 0.3) is 5.69 Å². The number of hydrogen-bond donors (Lipinski definition) is 0. The molecule has 1 aromatic carbocycles. The second-order valence-electron chi connectivity index (χ2n) is 4.50. The first-order valence-corrected chi connectivity index (χ1v) is 6.54. The molecule has 0 amide bonds. The topological polar surface area (TPSA) is 46.4 Å². The molecule has 1 atom stereocenters. The van der Waals surface area contributed by atoms with Crippen LogP contribution >= 0.6 is 15.9 Å². The Morgan fingerprint density at radius 2 is 2.35 bits per heavy atom. The maximum Gasteiger partial charge on any atom is 0.283 e. The number of nitro groups is 1. The molecular weight excluding hydrogens is 284 g/mol. The van der Waals surface area contributed by atoms with Gasteiger partial charge in [0.2, 0.25) is 0 Å². The molecule has 1 aliphatic heterocycles. The maximum absolute atomic E-state index is 10.8. The lowest BCUT2D eigenvalue weighted by Crippen LogP contribution is -2.26. The smallest absolute Gasteiger partial charge is 0.283 e. The molecular formula is C12H15BrN2O2. The van der Waals surface area contributed by atoms with Crippen LogP contribution in [-0.4, -0.2) is 22.4 Å². The van der Waals surface area contributed by atoms with Gasteiger partial charge in [0.05, 0.1) is 9.40 Å². The highest BCUT2D eigenvalue weighted by molar-refractivity contribution is 9.10. The van der Waals surface area contributed by atoms with E-state index in [4.69, 9.17) is 0 Å². The van der Waals surface area contributed by atoms with E-state index in [9.17, 15) is 10.1 Å². The molecule has 1 heterocycles. The number of benzene rings is 1. The number of hydrogen-bond acceptors (Lipinski definition) is 3. The lowest BCUT2D eigenvalue weighted by Gasteiger charge is -2.20. The first kappa shape index (κ1) is 12.5. The minimum atomic E-state index is -0.346. The van der Waals surface area contributed by atoms with Crippen LogP contribution in [0.4, 0.5) is 5.69 Å². The van der Waals surface area contributed by atoms with Gasteiger partial charge in [-0.15, -0.1) is 0 Å². The molecule has 0 N–H and O–H groups in total. The third-order valence-electron chi connectivity index (χ3n) is 3.28. The van der Waals surface area contributed by atoms with Crippen molar-refractivity contribution in [3.8, 4) is 0 Å². The van der Waals surface area contributed by atoms with Crippen LogP contribution in [0.3, 0.4) is 0 Å². The predicted octanol–water partition coefficient (Wildman–Crippen LogP) is 3.34. The molecule has 4 nitrogen and oxygen atoms in total. The highest BCUT2D eigenvalue weighted by Gasteiger charge is 2.21. The van der Waals surface area contributed by atoms with E-state index in [1.54, 1.807) is 12.1 Å². The van der Waals surface area contributed by atoms with Crippen LogP contribution in [0.1, 0.15) is 25.3 Å². The minimum absolute atomic E-state index is 0.148. The summed E-state index contributed by atoms with van der Waals surface area (Å²) in [6, 6.07) is 5.95. The summed E-state index contributed by atoms with van der Waals surface area (Å²) in [5.41, 5.74) is 1.16. The fraction of sp³-hybridized carbons (Fsp3) is 0.500. The lowest BCUT2D eigenvalue weighted by atomic mass is 10.2. The van der Waals surface area contributed by atoms with Gasteiger partial charge in [-0.1, -0.05) is 6.07 Å². The molecule has 0 spiro atoms. The Labute approximate surface area is 109 Å². The third kappa shape index (κ3) is 2.84. The predicted molar refractivity (Wildman–Crippen MR) is 69.9 cm³/mol. The summed E-state index contributed by atoms with van der Waals surface area (Å²) in [7, 11) is 0. The number of rotatable bonds is 3. The number of nitrogens with zero attached hydrogens (tertiary/aromatic N) is 2. The summed E-state index contributed by atoms with van der Waals surface area (Å²) in [5, 5.41) is 10.8. The van der Waals surface area contributed by atoms with Crippen molar-refractivity contribution >= 4 is 21.6 Å². The number of nitro benzene ring substituents is 1. The second kappa shape index (κ2) is 5.14. The minimum Gasteiger partial charge on any atom is -0.296 e. The van der Waals surface area contributed by atoms with Crippen LogP contribution in [0.5, 0.6) is 0 Å². The Bertz CT molecular complexity index is 437. The molecule has 0 bridgehead atoms. The van der Waals surface area contributed by atoms with E-state index < -0.39 is 0 Å². The normalized spacial score (nSPS) is 20.7. The quantitative estimate of drug-likeness (QED) is 0.635. The standard InChI is InChI=1S/C12H15BrN2O2/c1-9-3-2-6-14(9)8-10-4-5-11(13)12(7-10)15(16)17/h4-5,7,9H,2-3,6,8H2,1H3. The van der Waals surface area contributed by atoms with Gasteiger partial charge < -0.3 is 0 Å². The van der Waals surface area contributed by atoms with E-state index in [2.05, 4.69) is 27.8 Å². The second-order valence-corrected chi connectivity index (χ2v) is 5.36. The first-order valence-electron chi connectivity index (χ1n) is 5.75. The highest BCUT2D eigenvalue weighted by Crippen LogP contribution is 2.27. The third-order valence-corrected chi connectivity index (χ3v) is 3.95. The Morgan fingerprint density at radius 1 is 1.59 bits per heavy atom.